The lowest BCUT2D eigenvalue weighted by Crippen LogP contribution is -2.20. The van der Waals surface area contributed by atoms with E-state index in [-0.39, 0.29) is 5.41 Å². The Kier molecular flexibility index (Phi) is 3.43. The molecule has 0 radical (unpaired) electrons. The van der Waals surface area contributed by atoms with Gasteiger partial charge >= 0.3 is 0 Å². The van der Waals surface area contributed by atoms with Gasteiger partial charge in [0.05, 0.1) is 5.41 Å². The first-order chi connectivity index (χ1) is 9.76. The number of benzene rings is 2. The summed E-state index contributed by atoms with van der Waals surface area (Å²) in [5.74, 6) is 0.293. The molecule has 0 atom stereocenters. The third-order valence-corrected chi connectivity index (χ3v) is 4.24. The van der Waals surface area contributed by atoms with E-state index in [1.54, 1.807) is 0 Å². The monoisotopic (exact) mass is 264 g/mol. The van der Waals surface area contributed by atoms with E-state index in [0.717, 1.165) is 31.2 Å². The first-order valence-corrected chi connectivity index (χ1v) is 7.45. The van der Waals surface area contributed by atoms with Crippen LogP contribution < -0.4 is 0 Å². The molecule has 2 aromatic carbocycles. The second kappa shape index (κ2) is 5.24. The molecule has 0 heterocycles. The number of hydrogen-bond acceptors (Lipinski definition) is 1. The second-order valence-corrected chi connectivity index (χ2v) is 5.73. The van der Waals surface area contributed by atoms with Crippen molar-refractivity contribution < 1.29 is 4.79 Å². The Morgan fingerprint density at radius 1 is 1.05 bits per heavy atom. The van der Waals surface area contributed by atoms with Crippen molar-refractivity contribution in [2.75, 3.05) is 0 Å². The number of carbonyl (C=O) groups excluding carboxylic acids is 1. The maximum Gasteiger partial charge on any atom is 0.173 e. The quantitative estimate of drug-likeness (QED) is 0.724. The van der Waals surface area contributed by atoms with Crippen molar-refractivity contribution in [1.29, 1.82) is 0 Å². The van der Waals surface area contributed by atoms with Gasteiger partial charge in [-0.1, -0.05) is 61.9 Å². The van der Waals surface area contributed by atoms with Crippen LogP contribution in [0, 0.1) is 0 Å². The summed E-state index contributed by atoms with van der Waals surface area (Å²) >= 11 is 0. The molecule has 1 saturated carbocycles. The van der Waals surface area contributed by atoms with Crippen molar-refractivity contribution in [2.24, 2.45) is 0 Å². The zero-order chi connectivity index (χ0) is 14.0. The van der Waals surface area contributed by atoms with E-state index in [9.17, 15) is 4.79 Å². The predicted octanol–water partition coefficient (Wildman–Crippen LogP) is 4.55. The highest BCUT2D eigenvalue weighted by molar-refractivity contribution is 6.06. The molecule has 1 aliphatic rings. The van der Waals surface area contributed by atoms with Gasteiger partial charge in [-0.05, 0) is 36.5 Å². The van der Waals surface area contributed by atoms with Crippen LogP contribution in [0.2, 0.25) is 0 Å². The standard InChI is InChI=1S/C19H20O/c1-2-7-15-8-6-9-16(14-15)18(20)19(12-13-19)17-10-4-3-5-11-17/h3-6,8-11,14H,2,7,12-13H2,1H3. The van der Waals surface area contributed by atoms with Crippen LogP contribution in [-0.2, 0) is 11.8 Å². The van der Waals surface area contributed by atoms with Gasteiger partial charge in [0.15, 0.2) is 5.78 Å². The van der Waals surface area contributed by atoms with Crippen molar-refractivity contribution in [2.45, 2.75) is 38.0 Å². The van der Waals surface area contributed by atoms with Gasteiger partial charge in [-0.25, -0.2) is 0 Å². The lowest BCUT2D eigenvalue weighted by molar-refractivity contribution is 0.0946. The van der Waals surface area contributed by atoms with Gasteiger partial charge in [0, 0.05) is 5.56 Å². The Morgan fingerprint density at radius 2 is 1.80 bits per heavy atom. The summed E-state index contributed by atoms with van der Waals surface area (Å²) in [6.07, 6.45) is 4.11. The fourth-order valence-corrected chi connectivity index (χ4v) is 2.96. The number of carbonyl (C=O) groups is 1. The summed E-state index contributed by atoms with van der Waals surface area (Å²) in [5, 5.41) is 0. The van der Waals surface area contributed by atoms with E-state index in [1.807, 2.05) is 30.3 Å². The zero-order valence-corrected chi connectivity index (χ0v) is 11.9. The Balaban J connectivity index is 1.91. The van der Waals surface area contributed by atoms with Crippen LogP contribution in [0.25, 0.3) is 0 Å². The van der Waals surface area contributed by atoms with E-state index < -0.39 is 0 Å². The number of ketones is 1. The molecule has 0 N–H and O–H groups in total. The molecule has 0 saturated heterocycles. The summed E-state index contributed by atoms with van der Waals surface area (Å²) in [4.78, 5) is 12.9. The minimum atomic E-state index is -0.244. The molecule has 0 aromatic heterocycles. The summed E-state index contributed by atoms with van der Waals surface area (Å²) in [7, 11) is 0. The zero-order valence-electron chi connectivity index (χ0n) is 11.9. The molecule has 3 rings (SSSR count). The average Bonchev–Trinajstić information content (AvgIpc) is 3.30. The highest BCUT2D eigenvalue weighted by Gasteiger charge is 2.50. The van der Waals surface area contributed by atoms with Crippen LogP contribution >= 0.6 is 0 Å². The van der Waals surface area contributed by atoms with E-state index in [0.29, 0.717) is 5.78 Å². The van der Waals surface area contributed by atoms with Crippen molar-refractivity contribution in [3.63, 3.8) is 0 Å². The van der Waals surface area contributed by atoms with Gasteiger partial charge in [0.1, 0.15) is 0 Å². The summed E-state index contributed by atoms with van der Waals surface area (Å²) < 4.78 is 0. The Bertz CT molecular complexity index is 609. The highest BCUT2D eigenvalue weighted by atomic mass is 16.1. The first kappa shape index (κ1) is 13.1. The van der Waals surface area contributed by atoms with Crippen molar-refractivity contribution in [1.82, 2.24) is 0 Å². The van der Waals surface area contributed by atoms with Gasteiger partial charge < -0.3 is 0 Å². The van der Waals surface area contributed by atoms with Crippen LogP contribution in [0.1, 0.15) is 47.7 Å². The lowest BCUT2D eigenvalue weighted by atomic mass is 9.87. The van der Waals surface area contributed by atoms with E-state index in [4.69, 9.17) is 0 Å². The maximum atomic E-state index is 12.9. The number of rotatable bonds is 5. The van der Waals surface area contributed by atoms with Crippen molar-refractivity contribution in [3.05, 3.63) is 71.3 Å². The van der Waals surface area contributed by atoms with E-state index >= 15 is 0 Å². The number of Topliss-reactive ketones (excluding diaryl/α,β-unsaturated/α-hetero) is 1. The third kappa shape index (κ3) is 2.29. The molecule has 0 unspecified atom stereocenters. The molecule has 1 heteroatoms. The fourth-order valence-electron chi connectivity index (χ4n) is 2.96. The summed E-state index contributed by atoms with van der Waals surface area (Å²) in [6.45, 7) is 2.17. The number of aryl methyl sites for hydroxylation is 1. The molecular formula is C19H20O. The Hall–Kier alpha value is -1.89. The van der Waals surface area contributed by atoms with Gasteiger partial charge in [-0.15, -0.1) is 0 Å². The SMILES string of the molecule is CCCc1cccc(C(=O)C2(c3ccccc3)CC2)c1. The molecule has 20 heavy (non-hydrogen) atoms. The molecule has 2 aromatic rings. The van der Waals surface area contributed by atoms with Crippen molar-refractivity contribution in [3.8, 4) is 0 Å². The van der Waals surface area contributed by atoms with Gasteiger partial charge in [0.25, 0.3) is 0 Å². The third-order valence-electron chi connectivity index (χ3n) is 4.24. The van der Waals surface area contributed by atoms with Crippen molar-refractivity contribution >= 4 is 5.78 Å². The van der Waals surface area contributed by atoms with Crippen LogP contribution in [-0.4, -0.2) is 5.78 Å². The minimum Gasteiger partial charge on any atom is -0.293 e. The van der Waals surface area contributed by atoms with Gasteiger partial charge in [-0.2, -0.15) is 0 Å². The van der Waals surface area contributed by atoms with E-state index in [2.05, 4.69) is 31.2 Å². The molecule has 0 amide bonds. The first-order valence-electron chi connectivity index (χ1n) is 7.45. The number of hydrogen-bond donors (Lipinski definition) is 0. The molecule has 0 aliphatic heterocycles. The minimum absolute atomic E-state index is 0.244. The predicted molar refractivity (Wildman–Crippen MR) is 82.1 cm³/mol. The maximum absolute atomic E-state index is 12.9. The Morgan fingerprint density at radius 3 is 2.45 bits per heavy atom. The smallest absolute Gasteiger partial charge is 0.173 e. The fraction of sp³-hybridized carbons (Fsp3) is 0.316. The molecular weight excluding hydrogens is 244 g/mol. The molecule has 0 bridgehead atoms. The molecule has 1 nitrogen and oxygen atoms in total. The van der Waals surface area contributed by atoms with Gasteiger partial charge in [-0.3, -0.25) is 4.79 Å². The van der Waals surface area contributed by atoms with Crippen LogP contribution in [0.3, 0.4) is 0 Å². The van der Waals surface area contributed by atoms with Gasteiger partial charge in [0.2, 0.25) is 0 Å². The molecule has 1 fully saturated rings. The van der Waals surface area contributed by atoms with Crippen LogP contribution in [0.4, 0.5) is 0 Å². The average molecular weight is 264 g/mol. The van der Waals surface area contributed by atoms with E-state index in [1.165, 1.54) is 11.1 Å². The normalized spacial score (nSPS) is 15.8. The van der Waals surface area contributed by atoms with Crippen LogP contribution in [0.5, 0.6) is 0 Å². The summed E-state index contributed by atoms with van der Waals surface area (Å²) in [6, 6.07) is 18.4. The highest BCUT2D eigenvalue weighted by Crippen LogP contribution is 2.50. The molecule has 0 spiro atoms. The largest absolute Gasteiger partial charge is 0.293 e. The topological polar surface area (TPSA) is 17.1 Å². The molecule has 102 valence electrons. The molecule has 1 aliphatic carbocycles. The summed E-state index contributed by atoms with van der Waals surface area (Å²) in [5.41, 5.74) is 3.07. The Labute approximate surface area is 120 Å². The second-order valence-electron chi connectivity index (χ2n) is 5.73. The van der Waals surface area contributed by atoms with Crippen LogP contribution in [0.15, 0.2) is 54.6 Å². The lowest BCUT2D eigenvalue weighted by Gasteiger charge is -2.15.